The van der Waals surface area contributed by atoms with Crippen molar-refractivity contribution in [3.05, 3.63) is 46.6 Å². The third kappa shape index (κ3) is 2.74. The Bertz CT molecular complexity index is 596. The summed E-state index contributed by atoms with van der Waals surface area (Å²) in [5.74, 6) is -0.303. The number of hydrogen-bond donors (Lipinski definition) is 1. The standard InChI is InChI=1S/C13H10Cl2F3NO/c1-7-9(14)3-5-12(15)19(7)10-6-8(13(16,17)18)2-4-11(10)20/h2-6,12,20H,1H3. The zero-order chi connectivity index (χ0) is 15.1. The summed E-state index contributed by atoms with van der Waals surface area (Å²) in [7, 11) is 0. The molecule has 0 bridgehead atoms. The lowest BCUT2D eigenvalue weighted by Crippen LogP contribution is -2.30. The van der Waals surface area contributed by atoms with Crippen LogP contribution in [0, 0.1) is 0 Å². The number of hydrogen-bond acceptors (Lipinski definition) is 2. The van der Waals surface area contributed by atoms with Crippen LogP contribution >= 0.6 is 23.2 Å². The van der Waals surface area contributed by atoms with Gasteiger partial charge in [0, 0.05) is 5.70 Å². The van der Waals surface area contributed by atoms with Gasteiger partial charge in [-0.05, 0) is 37.3 Å². The van der Waals surface area contributed by atoms with Gasteiger partial charge in [-0.1, -0.05) is 23.2 Å². The fourth-order valence-electron chi connectivity index (χ4n) is 1.88. The van der Waals surface area contributed by atoms with Gasteiger partial charge in [0.25, 0.3) is 0 Å². The molecule has 2 rings (SSSR count). The number of alkyl halides is 4. The lowest BCUT2D eigenvalue weighted by molar-refractivity contribution is -0.137. The fraction of sp³-hybridized carbons (Fsp3) is 0.231. The number of halogens is 5. The Hall–Kier alpha value is -1.33. The third-order valence-electron chi connectivity index (χ3n) is 2.92. The minimum atomic E-state index is -4.50. The van der Waals surface area contributed by atoms with Crippen molar-refractivity contribution in [2.45, 2.75) is 18.6 Å². The van der Waals surface area contributed by atoms with Crippen LogP contribution in [-0.2, 0) is 6.18 Å². The number of nitrogens with zero attached hydrogens (tertiary/aromatic N) is 1. The lowest BCUT2D eigenvalue weighted by atomic mass is 10.1. The maximum absolute atomic E-state index is 12.8. The second-order valence-corrected chi connectivity index (χ2v) is 5.09. The zero-order valence-corrected chi connectivity index (χ0v) is 11.8. The third-order valence-corrected chi connectivity index (χ3v) is 3.66. The summed E-state index contributed by atoms with van der Waals surface area (Å²) in [6, 6.07) is 2.64. The molecule has 2 nitrogen and oxygen atoms in total. The summed E-state index contributed by atoms with van der Waals surface area (Å²) in [5.41, 5.74) is -1.18. The highest BCUT2D eigenvalue weighted by atomic mass is 35.5. The van der Waals surface area contributed by atoms with Crippen LogP contribution in [0.3, 0.4) is 0 Å². The van der Waals surface area contributed by atoms with Crippen molar-refractivity contribution in [2.24, 2.45) is 0 Å². The number of allylic oxidation sites excluding steroid dienone is 3. The zero-order valence-electron chi connectivity index (χ0n) is 10.2. The second kappa shape index (κ2) is 5.22. The van der Waals surface area contributed by atoms with Gasteiger partial charge in [0.05, 0.1) is 16.3 Å². The van der Waals surface area contributed by atoms with E-state index in [4.69, 9.17) is 23.2 Å². The second-order valence-electron chi connectivity index (χ2n) is 4.24. The molecule has 108 valence electrons. The smallest absolute Gasteiger partial charge is 0.416 e. The van der Waals surface area contributed by atoms with Crippen LogP contribution in [0.1, 0.15) is 12.5 Å². The van der Waals surface area contributed by atoms with E-state index in [2.05, 4.69) is 0 Å². The van der Waals surface area contributed by atoms with Crippen LogP contribution in [0.2, 0.25) is 0 Å². The van der Waals surface area contributed by atoms with Crippen LogP contribution < -0.4 is 4.90 Å². The van der Waals surface area contributed by atoms with E-state index in [9.17, 15) is 18.3 Å². The molecule has 0 aromatic heterocycles. The Kier molecular flexibility index (Phi) is 3.93. The highest BCUT2D eigenvalue weighted by Gasteiger charge is 2.33. The summed E-state index contributed by atoms with van der Waals surface area (Å²) in [6.45, 7) is 1.61. The first-order valence-corrected chi connectivity index (χ1v) is 6.41. The van der Waals surface area contributed by atoms with Crippen LogP contribution in [0.15, 0.2) is 41.1 Å². The SMILES string of the molecule is CC1=C(Cl)C=CC(Cl)N1c1cc(C(F)(F)F)ccc1O. The normalized spacial score (nSPS) is 19.7. The molecule has 1 aromatic carbocycles. The molecule has 1 unspecified atom stereocenters. The van der Waals surface area contributed by atoms with Crippen molar-refractivity contribution in [3.63, 3.8) is 0 Å². The van der Waals surface area contributed by atoms with E-state index < -0.39 is 17.2 Å². The molecule has 0 amide bonds. The first kappa shape index (κ1) is 15.1. The number of rotatable bonds is 1. The van der Waals surface area contributed by atoms with E-state index in [1.807, 2.05) is 0 Å². The quantitative estimate of drug-likeness (QED) is 0.591. The average Bonchev–Trinajstić information content (AvgIpc) is 2.35. The van der Waals surface area contributed by atoms with Crippen LogP contribution in [0.25, 0.3) is 0 Å². The van der Waals surface area contributed by atoms with Crippen LogP contribution in [0.5, 0.6) is 5.75 Å². The average molecular weight is 324 g/mol. The Morgan fingerprint density at radius 2 is 1.95 bits per heavy atom. The molecule has 1 N–H and O–H groups in total. The van der Waals surface area contributed by atoms with E-state index in [1.165, 1.54) is 11.0 Å². The molecule has 1 aliphatic heterocycles. The first-order valence-electron chi connectivity index (χ1n) is 5.60. The van der Waals surface area contributed by atoms with Gasteiger partial charge in [0.1, 0.15) is 11.3 Å². The summed E-state index contributed by atoms with van der Waals surface area (Å²) in [5, 5.41) is 10.2. The van der Waals surface area contributed by atoms with Crippen molar-refractivity contribution in [1.29, 1.82) is 0 Å². The molecule has 7 heteroatoms. The number of aromatic hydroxyl groups is 1. The molecule has 1 aromatic rings. The number of anilines is 1. The molecule has 0 saturated heterocycles. The predicted molar refractivity (Wildman–Crippen MR) is 72.9 cm³/mol. The van der Waals surface area contributed by atoms with Gasteiger partial charge >= 0.3 is 6.18 Å². The van der Waals surface area contributed by atoms with Crippen molar-refractivity contribution < 1.29 is 18.3 Å². The van der Waals surface area contributed by atoms with E-state index >= 15 is 0 Å². The Balaban J connectivity index is 2.55. The van der Waals surface area contributed by atoms with Crippen LogP contribution in [-0.4, -0.2) is 10.6 Å². The lowest BCUT2D eigenvalue weighted by Gasteiger charge is -2.32. The maximum Gasteiger partial charge on any atom is 0.416 e. The topological polar surface area (TPSA) is 23.5 Å². The van der Waals surface area contributed by atoms with E-state index in [0.717, 1.165) is 18.2 Å². The molecule has 0 spiro atoms. The van der Waals surface area contributed by atoms with Crippen molar-refractivity contribution in [3.8, 4) is 5.75 Å². The minimum absolute atomic E-state index is 0.0418. The molecular formula is C13H10Cl2F3NO. The van der Waals surface area contributed by atoms with Gasteiger partial charge in [-0.25, -0.2) is 0 Å². The van der Waals surface area contributed by atoms with Crippen LogP contribution in [0.4, 0.5) is 18.9 Å². The molecule has 0 radical (unpaired) electrons. The predicted octanol–water partition coefficient (Wildman–Crippen LogP) is 4.82. The molecule has 0 aliphatic carbocycles. The number of benzene rings is 1. The highest BCUT2D eigenvalue weighted by molar-refractivity contribution is 6.32. The van der Waals surface area contributed by atoms with Gasteiger partial charge < -0.3 is 10.0 Å². The van der Waals surface area contributed by atoms with E-state index in [-0.39, 0.29) is 11.4 Å². The molecule has 1 aliphatic rings. The number of phenols is 1. The molecule has 20 heavy (non-hydrogen) atoms. The Labute approximate surface area is 123 Å². The molecule has 1 heterocycles. The summed E-state index contributed by atoms with van der Waals surface area (Å²) in [6.07, 6.45) is -1.41. The molecule has 1 atom stereocenters. The minimum Gasteiger partial charge on any atom is -0.506 e. The summed E-state index contributed by atoms with van der Waals surface area (Å²) < 4.78 is 38.3. The molecule has 0 fully saturated rings. The van der Waals surface area contributed by atoms with Crippen molar-refractivity contribution in [1.82, 2.24) is 0 Å². The van der Waals surface area contributed by atoms with Gasteiger partial charge in [0.15, 0.2) is 0 Å². The van der Waals surface area contributed by atoms with Gasteiger partial charge in [0.2, 0.25) is 0 Å². The van der Waals surface area contributed by atoms with Gasteiger partial charge in [-0.3, -0.25) is 0 Å². The van der Waals surface area contributed by atoms with Crippen molar-refractivity contribution >= 4 is 28.9 Å². The molecular weight excluding hydrogens is 314 g/mol. The highest BCUT2D eigenvalue weighted by Crippen LogP contribution is 2.40. The van der Waals surface area contributed by atoms with Crippen molar-refractivity contribution in [2.75, 3.05) is 4.90 Å². The monoisotopic (exact) mass is 323 g/mol. The van der Waals surface area contributed by atoms with E-state index in [0.29, 0.717) is 10.7 Å². The summed E-state index contributed by atoms with van der Waals surface area (Å²) >= 11 is 12.0. The fourth-order valence-corrected chi connectivity index (χ4v) is 2.36. The maximum atomic E-state index is 12.8. The van der Waals surface area contributed by atoms with E-state index in [1.54, 1.807) is 13.0 Å². The summed E-state index contributed by atoms with van der Waals surface area (Å²) in [4.78, 5) is 1.34. The van der Waals surface area contributed by atoms with Gasteiger partial charge in [-0.15, -0.1) is 0 Å². The number of phenolic OH excluding ortho intramolecular Hbond substituents is 1. The van der Waals surface area contributed by atoms with Gasteiger partial charge in [-0.2, -0.15) is 13.2 Å². The molecule has 0 saturated carbocycles. The largest absolute Gasteiger partial charge is 0.506 e. The Morgan fingerprint density at radius 3 is 2.55 bits per heavy atom. The first-order chi connectivity index (χ1) is 9.21. The Morgan fingerprint density at radius 1 is 1.30 bits per heavy atom.